The zero-order chi connectivity index (χ0) is 14.3. The van der Waals surface area contributed by atoms with Crippen molar-refractivity contribution in [3.8, 4) is 0 Å². The third-order valence-electron chi connectivity index (χ3n) is 2.87. The molecule has 0 amide bonds. The van der Waals surface area contributed by atoms with Gasteiger partial charge in [-0.25, -0.2) is 0 Å². The lowest BCUT2D eigenvalue weighted by atomic mass is 9.92. The predicted molar refractivity (Wildman–Crippen MR) is 69.6 cm³/mol. The highest BCUT2D eigenvalue weighted by molar-refractivity contribution is 5.99. The molecular weight excluding hydrogens is 246 g/mol. The van der Waals surface area contributed by atoms with Crippen LogP contribution in [0.2, 0.25) is 0 Å². The number of carbonyl (C=O) groups is 3. The van der Waals surface area contributed by atoms with E-state index >= 15 is 0 Å². The summed E-state index contributed by atoms with van der Waals surface area (Å²) < 4.78 is 0. The van der Waals surface area contributed by atoms with Crippen molar-refractivity contribution >= 4 is 18.0 Å². The van der Waals surface area contributed by atoms with E-state index in [2.05, 4.69) is 0 Å². The average Bonchev–Trinajstić information content (AvgIpc) is 2.39. The Morgan fingerprint density at radius 2 is 1.84 bits per heavy atom. The number of benzene rings is 1. The van der Waals surface area contributed by atoms with E-state index in [0.29, 0.717) is 6.29 Å². The Hall–Kier alpha value is -2.01. The molecule has 19 heavy (non-hydrogen) atoms. The second-order valence-corrected chi connectivity index (χ2v) is 4.40. The van der Waals surface area contributed by atoms with Crippen molar-refractivity contribution < 1.29 is 19.5 Å². The van der Waals surface area contributed by atoms with Gasteiger partial charge in [-0.2, -0.15) is 0 Å². The van der Waals surface area contributed by atoms with Crippen LogP contribution in [-0.2, 0) is 20.8 Å². The molecule has 1 aromatic rings. The summed E-state index contributed by atoms with van der Waals surface area (Å²) in [6.45, 7) is 0. The number of ketones is 1. The van der Waals surface area contributed by atoms with E-state index in [4.69, 9.17) is 10.8 Å². The van der Waals surface area contributed by atoms with E-state index in [-0.39, 0.29) is 25.0 Å². The molecule has 0 heterocycles. The Bertz CT molecular complexity index is 444. The van der Waals surface area contributed by atoms with Crippen molar-refractivity contribution in [2.75, 3.05) is 0 Å². The van der Waals surface area contributed by atoms with Crippen LogP contribution in [0.5, 0.6) is 0 Å². The number of Topliss-reactive ketones (excluding diaryl/α,β-unsaturated/α-hetero) is 1. The molecule has 0 fully saturated rings. The maximum Gasteiger partial charge on any atom is 0.314 e. The van der Waals surface area contributed by atoms with Gasteiger partial charge in [0.2, 0.25) is 0 Å². The van der Waals surface area contributed by atoms with Crippen molar-refractivity contribution in [3.63, 3.8) is 0 Å². The molecular formula is C14H17NO4. The van der Waals surface area contributed by atoms with Crippen LogP contribution in [0.3, 0.4) is 0 Å². The molecule has 2 atom stereocenters. The van der Waals surface area contributed by atoms with E-state index in [1.54, 1.807) is 24.3 Å². The van der Waals surface area contributed by atoms with E-state index in [1.807, 2.05) is 6.07 Å². The van der Waals surface area contributed by atoms with Gasteiger partial charge in [-0.1, -0.05) is 30.3 Å². The number of hydrogen-bond acceptors (Lipinski definition) is 4. The summed E-state index contributed by atoms with van der Waals surface area (Å²) in [6, 6.07) is 8.24. The third kappa shape index (κ3) is 5.01. The number of carbonyl (C=O) groups excluding carboxylic acids is 2. The molecule has 0 aromatic heterocycles. The van der Waals surface area contributed by atoms with Gasteiger partial charge in [-0.05, 0) is 18.4 Å². The van der Waals surface area contributed by atoms with Crippen LogP contribution < -0.4 is 5.73 Å². The van der Waals surface area contributed by atoms with Crippen LogP contribution >= 0.6 is 0 Å². The fraction of sp³-hybridized carbons (Fsp3) is 0.357. The summed E-state index contributed by atoms with van der Waals surface area (Å²) in [6.07, 6.45) is 0.913. The lowest BCUT2D eigenvalue weighted by Crippen LogP contribution is -2.29. The summed E-state index contributed by atoms with van der Waals surface area (Å²) in [5.41, 5.74) is 6.18. The van der Waals surface area contributed by atoms with Crippen LogP contribution in [0.25, 0.3) is 0 Å². The quantitative estimate of drug-likeness (QED) is 0.534. The SMILES string of the molecule is NC(C=O)CCC(C(=O)O)C(=O)Cc1ccccc1. The molecule has 2 unspecified atom stereocenters. The van der Waals surface area contributed by atoms with Crippen molar-refractivity contribution in [1.82, 2.24) is 0 Å². The predicted octanol–water partition coefficient (Wildman–Crippen LogP) is 0.805. The lowest BCUT2D eigenvalue weighted by Gasteiger charge is -2.12. The van der Waals surface area contributed by atoms with Crippen LogP contribution in [0.4, 0.5) is 0 Å². The molecule has 5 heteroatoms. The summed E-state index contributed by atoms with van der Waals surface area (Å²) in [4.78, 5) is 33.4. The molecule has 3 N–H and O–H groups in total. The Morgan fingerprint density at radius 1 is 1.21 bits per heavy atom. The molecule has 0 aliphatic carbocycles. The number of nitrogens with two attached hydrogens (primary N) is 1. The molecule has 0 radical (unpaired) electrons. The Morgan fingerprint density at radius 3 is 2.37 bits per heavy atom. The molecule has 0 aliphatic heterocycles. The summed E-state index contributed by atoms with van der Waals surface area (Å²) in [5, 5.41) is 9.06. The van der Waals surface area contributed by atoms with Crippen molar-refractivity contribution in [3.05, 3.63) is 35.9 Å². The first kappa shape index (κ1) is 15.0. The van der Waals surface area contributed by atoms with Gasteiger partial charge in [0.1, 0.15) is 12.2 Å². The molecule has 0 spiro atoms. The number of carboxylic acid groups (broad SMARTS) is 1. The summed E-state index contributed by atoms with van der Waals surface area (Å²) in [7, 11) is 0. The van der Waals surface area contributed by atoms with E-state index in [1.165, 1.54) is 0 Å². The second-order valence-electron chi connectivity index (χ2n) is 4.40. The smallest absolute Gasteiger partial charge is 0.314 e. The van der Waals surface area contributed by atoms with Gasteiger partial charge < -0.3 is 15.6 Å². The van der Waals surface area contributed by atoms with Gasteiger partial charge in [0, 0.05) is 6.42 Å². The van der Waals surface area contributed by atoms with E-state index in [0.717, 1.165) is 5.56 Å². The van der Waals surface area contributed by atoms with Crippen LogP contribution in [-0.4, -0.2) is 29.2 Å². The first-order valence-electron chi connectivity index (χ1n) is 6.05. The molecule has 0 saturated heterocycles. The highest BCUT2D eigenvalue weighted by atomic mass is 16.4. The van der Waals surface area contributed by atoms with Crippen molar-refractivity contribution in [2.45, 2.75) is 25.3 Å². The average molecular weight is 263 g/mol. The fourth-order valence-corrected chi connectivity index (χ4v) is 1.77. The molecule has 1 rings (SSSR count). The summed E-state index contributed by atoms with van der Waals surface area (Å²) >= 11 is 0. The minimum Gasteiger partial charge on any atom is -0.481 e. The highest BCUT2D eigenvalue weighted by Gasteiger charge is 2.26. The fourth-order valence-electron chi connectivity index (χ4n) is 1.77. The molecule has 1 aromatic carbocycles. The van der Waals surface area contributed by atoms with Gasteiger partial charge in [-0.15, -0.1) is 0 Å². The molecule has 102 valence electrons. The number of rotatable bonds is 8. The van der Waals surface area contributed by atoms with Gasteiger partial charge in [0.25, 0.3) is 0 Å². The third-order valence-corrected chi connectivity index (χ3v) is 2.87. The lowest BCUT2D eigenvalue weighted by molar-refractivity contribution is -0.146. The van der Waals surface area contributed by atoms with Gasteiger partial charge >= 0.3 is 5.97 Å². The second kappa shape index (κ2) is 7.43. The molecule has 5 nitrogen and oxygen atoms in total. The Labute approximate surface area is 111 Å². The first-order chi connectivity index (χ1) is 9.04. The number of hydrogen-bond donors (Lipinski definition) is 2. The zero-order valence-corrected chi connectivity index (χ0v) is 10.5. The Kier molecular flexibility index (Phi) is 5.89. The van der Waals surface area contributed by atoms with Crippen LogP contribution in [0.15, 0.2) is 30.3 Å². The largest absolute Gasteiger partial charge is 0.481 e. The van der Waals surface area contributed by atoms with Crippen molar-refractivity contribution in [2.24, 2.45) is 11.7 Å². The summed E-state index contributed by atoms with van der Waals surface area (Å²) in [5.74, 6) is -2.64. The van der Waals surface area contributed by atoms with Crippen molar-refractivity contribution in [1.29, 1.82) is 0 Å². The maximum atomic E-state index is 11.9. The highest BCUT2D eigenvalue weighted by Crippen LogP contribution is 2.13. The van der Waals surface area contributed by atoms with Gasteiger partial charge in [0.15, 0.2) is 5.78 Å². The van der Waals surface area contributed by atoms with Crippen LogP contribution in [0.1, 0.15) is 18.4 Å². The number of aliphatic carboxylic acids is 1. The maximum absolute atomic E-state index is 11.9. The topological polar surface area (TPSA) is 97.5 Å². The molecule has 0 aliphatic rings. The standard InChI is InChI=1S/C14H17NO4/c15-11(9-16)6-7-12(14(18)19)13(17)8-10-4-2-1-3-5-10/h1-5,9,11-12H,6-8,15H2,(H,18,19). The van der Waals surface area contributed by atoms with E-state index in [9.17, 15) is 14.4 Å². The first-order valence-corrected chi connectivity index (χ1v) is 6.05. The number of aldehydes is 1. The molecule has 0 bridgehead atoms. The zero-order valence-electron chi connectivity index (χ0n) is 10.5. The van der Waals surface area contributed by atoms with Gasteiger partial charge in [0.05, 0.1) is 6.04 Å². The Balaban J connectivity index is 2.63. The minimum absolute atomic E-state index is 0.0775. The number of carboxylic acids is 1. The van der Waals surface area contributed by atoms with Crippen LogP contribution in [0, 0.1) is 5.92 Å². The molecule has 0 saturated carbocycles. The monoisotopic (exact) mass is 263 g/mol. The van der Waals surface area contributed by atoms with Gasteiger partial charge in [-0.3, -0.25) is 9.59 Å². The van der Waals surface area contributed by atoms with E-state index < -0.39 is 17.9 Å². The minimum atomic E-state index is -1.17. The normalized spacial score (nSPS) is 13.5.